The standard InChI is InChI=1S/C29H19Cl2N3O4S3/c1-15-5-11-23-25(26(15)41(36,37)38)40-29(34-23)18-8-12-22-24(14-18)39-28(33-22)16-3-2-4-19(9-6-16)32-27(35)17-7-10-20(30)21(31)13-17/h2-3,5-14H,4H2,1H3,(H,32,35)(H,36,37,38). The van der Waals surface area contributed by atoms with Gasteiger partial charge in [0.05, 0.1) is 30.5 Å². The summed E-state index contributed by atoms with van der Waals surface area (Å²) in [5.41, 5.74) is 4.66. The molecule has 0 saturated carbocycles. The van der Waals surface area contributed by atoms with Crippen LogP contribution in [-0.4, -0.2) is 28.8 Å². The van der Waals surface area contributed by atoms with Crippen LogP contribution in [-0.2, 0) is 10.1 Å². The molecule has 2 N–H and O–H groups in total. The van der Waals surface area contributed by atoms with Crippen molar-refractivity contribution in [3.05, 3.63) is 105 Å². The molecule has 12 heteroatoms. The lowest BCUT2D eigenvalue weighted by Gasteiger charge is -2.07. The number of fused-ring (bicyclic) bond motifs is 2. The molecule has 0 unspecified atom stereocenters. The summed E-state index contributed by atoms with van der Waals surface area (Å²) in [6.45, 7) is 1.64. The van der Waals surface area contributed by atoms with Crippen LogP contribution in [0.3, 0.4) is 0 Å². The zero-order valence-corrected chi connectivity index (χ0v) is 25.1. The normalized spacial score (nSPS) is 13.8. The van der Waals surface area contributed by atoms with E-state index < -0.39 is 10.1 Å². The Morgan fingerprint density at radius 3 is 2.51 bits per heavy atom. The second kappa shape index (κ2) is 10.8. The third-order valence-electron chi connectivity index (χ3n) is 6.40. The Morgan fingerprint density at radius 2 is 1.73 bits per heavy atom. The Hall–Kier alpha value is -3.38. The molecule has 2 heterocycles. The lowest BCUT2D eigenvalue weighted by molar-refractivity contribution is 0.0965. The van der Waals surface area contributed by atoms with E-state index in [1.54, 1.807) is 31.2 Å². The molecule has 0 bridgehead atoms. The van der Waals surface area contributed by atoms with E-state index in [1.165, 1.54) is 28.7 Å². The Kier molecular flexibility index (Phi) is 7.31. The summed E-state index contributed by atoms with van der Waals surface area (Å²) in [6.07, 6.45) is 8.25. The van der Waals surface area contributed by atoms with Gasteiger partial charge in [-0.25, -0.2) is 9.97 Å². The number of allylic oxidation sites excluding steroid dienone is 5. The average molecular weight is 641 g/mol. The highest BCUT2D eigenvalue weighted by molar-refractivity contribution is 7.86. The fourth-order valence-corrected chi connectivity index (χ4v) is 8.03. The van der Waals surface area contributed by atoms with Crippen LogP contribution in [0.5, 0.6) is 0 Å². The van der Waals surface area contributed by atoms with Gasteiger partial charge >= 0.3 is 0 Å². The van der Waals surface area contributed by atoms with E-state index in [0.29, 0.717) is 42.8 Å². The number of thiazole rings is 2. The molecule has 3 aromatic carbocycles. The number of nitrogens with zero attached hydrogens (tertiary/aromatic N) is 2. The fraction of sp³-hybridized carbons (Fsp3) is 0.0690. The van der Waals surface area contributed by atoms with Crippen molar-refractivity contribution in [1.82, 2.24) is 15.3 Å². The summed E-state index contributed by atoms with van der Waals surface area (Å²) in [5, 5.41) is 5.08. The van der Waals surface area contributed by atoms with Crippen LogP contribution in [0.15, 0.2) is 83.4 Å². The monoisotopic (exact) mass is 639 g/mol. The highest BCUT2D eigenvalue weighted by Crippen LogP contribution is 2.38. The van der Waals surface area contributed by atoms with Crippen LogP contribution in [0.1, 0.15) is 27.3 Å². The summed E-state index contributed by atoms with van der Waals surface area (Å²) in [4.78, 5) is 22.0. The average Bonchev–Trinajstić information content (AvgIpc) is 3.47. The molecule has 6 rings (SSSR count). The predicted molar refractivity (Wildman–Crippen MR) is 167 cm³/mol. The molecule has 0 fully saturated rings. The molecule has 0 aliphatic heterocycles. The number of hydrogen-bond donors (Lipinski definition) is 2. The number of carbonyl (C=O) groups is 1. The van der Waals surface area contributed by atoms with E-state index >= 15 is 0 Å². The molecule has 2 aromatic heterocycles. The minimum atomic E-state index is -4.39. The van der Waals surface area contributed by atoms with Crippen LogP contribution in [0.2, 0.25) is 10.0 Å². The molecular formula is C29H19Cl2N3O4S3. The number of hydrogen-bond acceptors (Lipinski definition) is 7. The van der Waals surface area contributed by atoms with Crippen molar-refractivity contribution >= 4 is 87.9 Å². The van der Waals surface area contributed by atoms with Crippen molar-refractivity contribution in [2.45, 2.75) is 18.2 Å². The fourth-order valence-electron chi connectivity index (χ4n) is 4.41. The van der Waals surface area contributed by atoms with Crippen molar-refractivity contribution in [2.75, 3.05) is 0 Å². The van der Waals surface area contributed by atoms with E-state index in [1.807, 2.05) is 42.5 Å². The predicted octanol–water partition coefficient (Wildman–Crippen LogP) is 8.09. The number of aromatic nitrogens is 2. The third-order valence-corrected chi connectivity index (χ3v) is 10.5. The van der Waals surface area contributed by atoms with Gasteiger partial charge in [-0.3, -0.25) is 9.35 Å². The summed E-state index contributed by atoms with van der Waals surface area (Å²) in [7, 11) is -4.39. The number of nitrogens with one attached hydrogen (secondary N) is 1. The molecule has 7 nitrogen and oxygen atoms in total. The number of halogens is 2. The van der Waals surface area contributed by atoms with Crippen molar-refractivity contribution in [3.8, 4) is 10.6 Å². The lowest BCUT2D eigenvalue weighted by Crippen LogP contribution is -2.22. The molecule has 1 amide bonds. The molecule has 5 aromatic rings. The first-order chi connectivity index (χ1) is 19.6. The second-order valence-electron chi connectivity index (χ2n) is 9.26. The maximum absolute atomic E-state index is 12.7. The molecule has 0 radical (unpaired) electrons. The van der Waals surface area contributed by atoms with Gasteiger partial charge in [0.25, 0.3) is 16.0 Å². The summed E-state index contributed by atoms with van der Waals surface area (Å²) in [6, 6.07) is 13.9. The van der Waals surface area contributed by atoms with E-state index in [2.05, 4.69) is 10.3 Å². The maximum atomic E-state index is 12.7. The van der Waals surface area contributed by atoms with Crippen LogP contribution < -0.4 is 5.32 Å². The van der Waals surface area contributed by atoms with Gasteiger partial charge in [-0.15, -0.1) is 22.7 Å². The molecule has 1 aliphatic rings. The van der Waals surface area contributed by atoms with Gasteiger partial charge in [0.15, 0.2) is 0 Å². The molecule has 41 heavy (non-hydrogen) atoms. The zero-order chi connectivity index (χ0) is 28.9. The Bertz CT molecular complexity index is 2090. The van der Waals surface area contributed by atoms with Gasteiger partial charge in [0, 0.05) is 28.8 Å². The highest BCUT2D eigenvalue weighted by Gasteiger charge is 2.21. The summed E-state index contributed by atoms with van der Waals surface area (Å²) >= 11 is 14.8. The van der Waals surface area contributed by atoms with E-state index in [0.717, 1.165) is 32.1 Å². The van der Waals surface area contributed by atoms with Gasteiger partial charge < -0.3 is 5.32 Å². The van der Waals surface area contributed by atoms with Crippen molar-refractivity contribution in [3.63, 3.8) is 0 Å². The van der Waals surface area contributed by atoms with Crippen LogP contribution in [0.4, 0.5) is 0 Å². The third kappa shape index (κ3) is 5.59. The Morgan fingerprint density at radius 1 is 0.951 bits per heavy atom. The quantitative estimate of drug-likeness (QED) is 0.188. The zero-order valence-electron chi connectivity index (χ0n) is 21.2. The molecule has 1 aliphatic carbocycles. The van der Waals surface area contributed by atoms with Gasteiger partial charge in [-0.05, 0) is 61.0 Å². The van der Waals surface area contributed by atoms with Crippen LogP contribution in [0, 0.1) is 6.92 Å². The number of carbonyl (C=O) groups excluding carboxylic acids is 1. The van der Waals surface area contributed by atoms with Gasteiger partial charge in [0.2, 0.25) is 0 Å². The Labute approximate surface area is 253 Å². The molecule has 0 spiro atoms. The first-order valence-corrected chi connectivity index (χ1v) is 16.0. The second-order valence-corrected chi connectivity index (χ2v) is 13.5. The van der Waals surface area contributed by atoms with E-state index in [9.17, 15) is 17.8 Å². The first kappa shape index (κ1) is 27.8. The van der Waals surface area contributed by atoms with Gasteiger partial charge in [-0.2, -0.15) is 8.42 Å². The minimum Gasteiger partial charge on any atom is -0.325 e. The highest BCUT2D eigenvalue weighted by atomic mass is 35.5. The molecule has 0 saturated heterocycles. The maximum Gasteiger partial charge on any atom is 0.296 e. The Balaban J connectivity index is 1.28. The largest absolute Gasteiger partial charge is 0.325 e. The van der Waals surface area contributed by atoms with Crippen molar-refractivity contribution in [1.29, 1.82) is 0 Å². The van der Waals surface area contributed by atoms with Crippen molar-refractivity contribution < 1.29 is 17.8 Å². The van der Waals surface area contributed by atoms with Gasteiger partial charge in [-0.1, -0.05) is 47.5 Å². The SMILES string of the molecule is Cc1ccc2nc(-c3ccc4nc(C5=CC=C(NC(=O)c6ccc(Cl)c(Cl)c6)CC=C5)sc4c3)sc2c1S(=O)(=O)O. The number of aryl methyl sites for hydroxylation is 1. The first-order valence-electron chi connectivity index (χ1n) is 12.2. The van der Waals surface area contributed by atoms with Gasteiger partial charge in [0.1, 0.15) is 14.9 Å². The van der Waals surface area contributed by atoms with Crippen molar-refractivity contribution in [2.24, 2.45) is 0 Å². The topological polar surface area (TPSA) is 109 Å². The number of benzene rings is 3. The number of amides is 1. The molecular weight excluding hydrogens is 621 g/mol. The minimum absolute atomic E-state index is 0.104. The smallest absolute Gasteiger partial charge is 0.296 e. The molecule has 0 atom stereocenters. The summed E-state index contributed by atoms with van der Waals surface area (Å²) < 4.78 is 35.2. The van der Waals surface area contributed by atoms with Crippen LogP contribution in [0.25, 0.3) is 36.6 Å². The molecule has 206 valence electrons. The van der Waals surface area contributed by atoms with E-state index in [-0.39, 0.29) is 10.8 Å². The number of rotatable bonds is 5. The lowest BCUT2D eigenvalue weighted by atomic mass is 10.2. The summed E-state index contributed by atoms with van der Waals surface area (Å²) in [5.74, 6) is -0.277. The van der Waals surface area contributed by atoms with E-state index in [4.69, 9.17) is 28.2 Å². The van der Waals surface area contributed by atoms with Crippen LogP contribution >= 0.6 is 45.9 Å².